The van der Waals surface area contributed by atoms with Crippen LogP contribution in [0.2, 0.25) is 0 Å². The second-order valence-corrected chi connectivity index (χ2v) is 6.68. The lowest BCUT2D eigenvalue weighted by Gasteiger charge is -2.19. The van der Waals surface area contributed by atoms with E-state index in [1.165, 1.54) is 32.7 Å². The first kappa shape index (κ1) is 14.7. The van der Waals surface area contributed by atoms with Crippen LogP contribution in [0.3, 0.4) is 0 Å². The van der Waals surface area contributed by atoms with Gasteiger partial charge in [-0.05, 0) is 55.3 Å². The summed E-state index contributed by atoms with van der Waals surface area (Å²) in [6, 6.07) is 13.1. The normalized spacial score (nSPS) is 12.5. The molecule has 0 N–H and O–H groups in total. The predicted octanol–water partition coefficient (Wildman–Crippen LogP) is 5.82. The van der Waals surface area contributed by atoms with Gasteiger partial charge in [0.25, 0.3) is 0 Å². The summed E-state index contributed by atoms with van der Waals surface area (Å²) in [5.41, 5.74) is 6.79. The molecule has 0 aromatic heterocycles. The number of thioether (sulfide) groups is 1. The molecule has 2 aromatic carbocycles. The topological polar surface area (TPSA) is 0 Å². The van der Waals surface area contributed by atoms with Crippen LogP contribution in [0.4, 0.5) is 0 Å². The van der Waals surface area contributed by atoms with Gasteiger partial charge in [0.2, 0.25) is 0 Å². The third-order valence-corrected chi connectivity index (χ3v) is 5.17. The van der Waals surface area contributed by atoms with Crippen molar-refractivity contribution < 1.29 is 0 Å². The van der Waals surface area contributed by atoms with Crippen molar-refractivity contribution in [3.05, 3.63) is 64.2 Å². The molecule has 1 unspecified atom stereocenters. The molecule has 0 saturated carbocycles. The van der Waals surface area contributed by atoms with Crippen molar-refractivity contribution in [3.63, 3.8) is 0 Å². The van der Waals surface area contributed by atoms with Crippen molar-refractivity contribution in [2.24, 2.45) is 0 Å². The molecule has 0 heterocycles. The highest BCUT2D eigenvalue weighted by atomic mass is 79.9. The second kappa shape index (κ2) is 6.15. The van der Waals surface area contributed by atoms with Crippen molar-refractivity contribution in [2.45, 2.75) is 30.5 Å². The number of aryl methyl sites for hydroxylation is 3. The molecule has 0 aliphatic heterocycles. The van der Waals surface area contributed by atoms with E-state index < -0.39 is 0 Å². The first-order chi connectivity index (χ1) is 9.04. The minimum atomic E-state index is 0.261. The molecule has 0 nitrogen and oxygen atoms in total. The van der Waals surface area contributed by atoms with Crippen LogP contribution in [0.25, 0.3) is 0 Å². The average Bonchev–Trinajstić information content (AvgIpc) is 2.37. The zero-order valence-corrected chi connectivity index (χ0v) is 14.2. The molecule has 0 amide bonds. The van der Waals surface area contributed by atoms with E-state index in [1.54, 1.807) is 11.8 Å². The summed E-state index contributed by atoms with van der Waals surface area (Å²) in [6.07, 6.45) is 2.13. The lowest BCUT2D eigenvalue weighted by atomic mass is 9.94. The van der Waals surface area contributed by atoms with Crippen LogP contribution in [-0.2, 0) is 0 Å². The van der Waals surface area contributed by atoms with Crippen LogP contribution in [0.5, 0.6) is 0 Å². The fourth-order valence-electron chi connectivity index (χ4n) is 2.62. The Morgan fingerprint density at radius 1 is 1.00 bits per heavy atom. The largest absolute Gasteiger partial charge is 0.129 e. The zero-order valence-electron chi connectivity index (χ0n) is 11.8. The molecule has 2 rings (SSSR count). The summed E-state index contributed by atoms with van der Waals surface area (Å²) in [5, 5.41) is 0. The fourth-order valence-corrected chi connectivity index (χ4v) is 4.53. The SMILES string of the molecule is CSc1ccccc1C(Br)c1c(C)cc(C)cc1C. The van der Waals surface area contributed by atoms with Crippen molar-refractivity contribution in [3.8, 4) is 0 Å². The molecule has 19 heavy (non-hydrogen) atoms. The van der Waals surface area contributed by atoms with Crippen molar-refractivity contribution in [1.29, 1.82) is 0 Å². The molecule has 0 saturated heterocycles. The van der Waals surface area contributed by atoms with E-state index in [2.05, 4.69) is 79.4 Å². The molecule has 1 atom stereocenters. The summed E-state index contributed by atoms with van der Waals surface area (Å²) >= 11 is 5.70. The highest BCUT2D eigenvalue weighted by molar-refractivity contribution is 9.09. The summed E-state index contributed by atoms with van der Waals surface area (Å²) in [6.45, 7) is 6.56. The standard InChI is InChI=1S/C17H19BrS/c1-11-9-12(2)16(13(3)10-11)17(18)14-7-5-6-8-15(14)19-4/h5-10,17H,1-4H3. The third kappa shape index (κ3) is 3.06. The first-order valence-corrected chi connectivity index (χ1v) is 8.53. The Balaban J connectivity index is 2.53. The van der Waals surface area contributed by atoms with Gasteiger partial charge < -0.3 is 0 Å². The molecule has 100 valence electrons. The van der Waals surface area contributed by atoms with E-state index in [0.717, 1.165) is 0 Å². The van der Waals surface area contributed by atoms with Gasteiger partial charge in [0.1, 0.15) is 0 Å². The van der Waals surface area contributed by atoms with Gasteiger partial charge >= 0.3 is 0 Å². The molecule has 0 aliphatic rings. The molecule has 2 aromatic rings. The van der Waals surface area contributed by atoms with Crippen LogP contribution in [0.15, 0.2) is 41.3 Å². The smallest absolute Gasteiger partial charge is 0.0660 e. The van der Waals surface area contributed by atoms with Crippen LogP contribution < -0.4 is 0 Å². The Morgan fingerprint density at radius 2 is 1.58 bits per heavy atom. The molecular weight excluding hydrogens is 316 g/mol. The summed E-state index contributed by atoms with van der Waals surface area (Å²) in [4.78, 5) is 1.60. The summed E-state index contributed by atoms with van der Waals surface area (Å²) in [5.74, 6) is 0. The molecule has 0 bridgehead atoms. The van der Waals surface area contributed by atoms with E-state index in [0.29, 0.717) is 0 Å². The third-order valence-electron chi connectivity index (χ3n) is 3.40. The van der Waals surface area contributed by atoms with E-state index in [4.69, 9.17) is 0 Å². The number of hydrogen-bond donors (Lipinski definition) is 0. The Kier molecular flexibility index (Phi) is 4.75. The van der Waals surface area contributed by atoms with Gasteiger partial charge in [0.15, 0.2) is 0 Å². The van der Waals surface area contributed by atoms with Crippen LogP contribution >= 0.6 is 27.7 Å². The fraction of sp³-hybridized carbons (Fsp3) is 0.294. The van der Waals surface area contributed by atoms with Gasteiger partial charge in [0, 0.05) is 4.90 Å². The van der Waals surface area contributed by atoms with E-state index in [-0.39, 0.29) is 4.83 Å². The van der Waals surface area contributed by atoms with Gasteiger partial charge in [-0.25, -0.2) is 0 Å². The Hall–Kier alpha value is -0.730. The molecule has 0 radical (unpaired) electrons. The lowest BCUT2D eigenvalue weighted by molar-refractivity contribution is 1.06. The van der Waals surface area contributed by atoms with Crippen LogP contribution in [0, 0.1) is 20.8 Å². The van der Waals surface area contributed by atoms with Crippen LogP contribution in [0.1, 0.15) is 32.6 Å². The maximum atomic E-state index is 3.90. The maximum Gasteiger partial charge on any atom is 0.0660 e. The van der Waals surface area contributed by atoms with E-state index in [9.17, 15) is 0 Å². The number of benzene rings is 2. The Labute approximate surface area is 128 Å². The predicted molar refractivity (Wildman–Crippen MR) is 89.6 cm³/mol. The maximum absolute atomic E-state index is 3.90. The molecule has 0 fully saturated rings. The van der Waals surface area contributed by atoms with Gasteiger partial charge in [-0.3, -0.25) is 0 Å². The van der Waals surface area contributed by atoms with E-state index in [1.807, 2.05) is 0 Å². The Morgan fingerprint density at radius 3 is 2.16 bits per heavy atom. The number of hydrogen-bond acceptors (Lipinski definition) is 1. The molecule has 0 spiro atoms. The van der Waals surface area contributed by atoms with Crippen LogP contribution in [-0.4, -0.2) is 6.26 Å². The highest BCUT2D eigenvalue weighted by Crippen LogP contribution is 2.39. The highest BCUT2D eigenvalue weighted by Gasteiger charge is 2.18. The van der Waals surface area contributed by atoms with Crippen molar-refractivity contribution in [1.82, 2.24) is 0 Å². The number of halogens is 1. The zero-order chi connectivity index (χ0) is 14.0. The second-order valence-electron chi connectivity index (χ2n) is 4.92. The summed E-state index contributed by atoms with van der Waals surface area (Å²) in [7, 11) is 0. The summed E-state index contributed by atoms with van der Waals surface area (Å²) < 4.78 is 0. The van der Waals surface area contributed by atoms with Gasteiger partial charge in [-0.1, -0.05) is 51.8 Å². The minimum Gasteiger partial charge on any atom is -0.129 e. The average molecular weight is 335 g/mol. The number of alkyl halides is 1. The first-order valence-electron chi connectivity index (χ1n) is 6.39. The van der Waals surface area contributed by atoms with E-state index >= 15 is 0 Å². The molecule has 0 aliphatic carbocycles. The number of rotatable bonds is 3. The van der Waals surface area contributed by atoms with Gasteiger partial charge in [-0.15, -0.1) is 11.8 Å². The Bertz CT molecular complexity index is 567. The van der Waals surface area contributed by atoms with Crippen molar-refractivity contribution in [2.75, 3.05) is 6.26 Å². The monoisotopic (exact) mass is 334 g/mol. The van der Waals surface area contributed by atoms with Gasteiger partial charge in [0.05, 0.1) is 4.83 Å². The quantitative estimate of drug-likeness (QED) is 0.503. The molecule has 2 heteroatoms. The minimum absolute atomic E-state index is 0.261. The molecular formula is C17H19BrS. The van der Waals surface area contributed by atoms with Gasteiger partial charge in [-0.2, -0.15) is 0 Å². The van der Waals surface area contributed by atoms with Crippen molar-refractivity contribution >= 4 is 27.7 Å². The lowest BCUT2D eigenvalue weighted by Crippen LogP contribution is -2.01.